The van der Waals surface area contributed by atoms with Gasteiger partial charge in [-0.05, 0) is 44.0 Å². The largest absolute Gasteiger partial charge is 0.494 e. The lowest BCUT2D eigenvalue weighted by Gasteiger charge is -2.05. The summed E-state index contributed by atoms with van der Waals surface area (Å²) in [5, 5.41) is 10.1. The fourth-order valence-corrected chi connectivity index (χ4v) is 2.90. The van der Waals surface area contributed by atoms with Crippen molar-refractivity contribution in [3.05, 3.63) is 41.6 Å². The maximum Gasteiger partial charge on any atom is 0.256 e. The smallest absolute Gasteiger partial charge is 0.256 e. The average Bonchev–Trinajstić information content (AvgIpc) is 3.19. The van der Waals surface area contributed by atoms with Gasteiger partial charge in [0.05, 0.1) is 6.61 Å². The van der Waals surface area contributed by atoms with Crippen molar-refractivity contribution < 1.29 is 9.53 Å². The molecule has 0 unspecified atom stereocenters. The molecular formula is C17H21N3O2. The molecule has 1 saturated carbocycles. The third-order valence-electron chi connectivity index (χ3n) is 4.06. The number of rotatable bonds is 5. The first-order valence-electron chi connectivity index (χ1n) is 7.86. The molecule has 0 aliphatic heterocycles. The van der Waals surface area contributed by atoms with E-state index in [2.05, 4.69) is 15.5 Å². The molecule has 1 aliphatic carbocycles. The van der Waals surface area contributed by atoms with Crippen LogP contribution in [0, 0.1) is 0 Å². The number of carbonyl (C=O) groups is 1. The Labute approximate surface area is 130 Å². The van der Waals surface area contributed by atoms with E-state index in [1.54, 1.807) is 24.3 Å². The molecule has 1 amide bonds. The highest BCUT2D eigenvalue weighted by Gasteiger charge is 2.19. The Morgan fingerprint density at radius 2 is 2.05 bits per heavy atom. The van der Waals surface area contributed by atoms with E-state index in [4.69, 9.17) is 4.74 Å². The Hall–Kier alpha value is -2.30. The van der Waals surface area contributed by atoms with Gasteiger partial charge in [-0.25, -0.2) is 0 Å². The van der Waals surface area contributed by atoms with Crippen molar-refractivity contribution in [2.45, 2.75) is 38.5 Å². The zero-order chi connectivity index (χ0) is 15.4. The van der Waals surface area contributed by atoms with Gasteiger partial charge in [0.25, 0.3) is 5.91 Å². The molecular weight excluding hydrogens is 278 g/mol. The highest BCUT2D eigenvalue weighted by atomic mass is 16.5. The number of hydrogen-bond donors (Lipinski definition) is 2. The fourth-order valence-electron chi connectivity index (χ4n) is 2.90. The molecule has 2 N–H and O–H groups in total. The molecule has 1 fully saturated rings. The van der Waals surface area contributed by atoms with Crippen LogP contribution >= 0.6 is 0 Å². The summed E-state index contributed by atoms with van der Waals surface area (Å²) in [7, 11) is 0. The summed E-state index contributed by atoms with van der Waals surface area (Å²) >= 11 is 0. The van der Waals surface area contributed by atoms with Crippen molar-refractivity contribution in [3.63, 3.8) is 0 Å². The molecule has 116 valence electrons. The molecule has 1 heterocycles. The molecule has 22 heavy (non-hydrogen) atoms. The molecule has 0 spiro atoms. The number of nitrogens with one attached hydrogen (secondary N) is 2. The third-order valence-corrected chi connectivity index (χ3v) is 4.06. The maximum atomic E-state index is 12.2. The van der Waals surface area contributed by atoms with E-state index in [1.165, 1.54) is 25.7 Å². The summed E-state index contributed by atoms with van der Waals surface area (Å²) in [6, 6.07) is 9.05. The first-order valence-corrected chi connectivity index (χ1v) is 7.86. The zero-order valence-electron chi connectivity index (χ0n) is 12.8. The Bertz CT molecular complexity index is 628. The fraction of sp³-hybridized carbons (Fsp3) is 0.412. The molecule has 1 aromatic carbocycles. The van der Waals surface area contributed by atoms with Gasteiger partial charge in [-0.15, -0.1) is 0 Å². The van der Waals surface area contributed by atoms with Crippen molar-refractivity contribution in [1.29, 1.82) is 0 Å². The number of aromatic nitrogens is 2. The summed E-state index contributed by atoms with van der Waals surface area (Å²) in [4.78, 5) is 12.2. The Morgan fingerprint density at radius 1 is 1.32 bits per heavy atom. The summed E-state index contributed by atoms with van der Waals surface area (Å²) in [6.07, 6.45) is 4.96. The number of benzene rings is 1. The van der Waals surface area contributed by atoms with Crippen molar-refractivity contribution in [2.24, 2.45) is 0 Å². The number of H-pyrrole nitrogens is 1. The van der Waals surface area contributed by atoms with Crippen LogP contribution in [0.15, 0.2) is 30.3 Å². The summed E-state index contributed by atoms with van der Waals surface area (Å²) in [6.45, 7) is 2.54. The Kier molecular flexibility index (Phi) is 4.42. The van der Waals surface area contributed by atoms with Gasteiger partial charge >= 0.3 is 0 Å². The lowest BCUT2D eigenvalue weighted by molar-refractivity contribution is 0.102. The highest BCUT2D eigenvalue weighted by Crippen LogP contribution is 2.33. The number of nitrogens with zero attached hydrogens (tertiary/aromatic N) is 1. The molecule has 2 aromatic rings. The van der Waals surface area contributed by atoms with Crippen LogP contribution in [-0.4, -0.2) is 22.7 Å². The van der Waals surface area contributed by atoms with E-state index in [0.717, 1.165) is 11.4 Å². The summed E-state index contributed by atoms with van der Waals surface area (Å²) < 4.78 is 5.37. The van der Waals surface area contributed by atoms with Gasteiger partial charge in [-0.2, -0.15) is 5.10 Å². The predicted molar refractivity (Wildman–Crippen MR) is 85.4 cm³/mol. The molecule has 0 atom stereocenters. The Balaban J connectivity index is 1.63. The van der Waals surface area contributed by atoms with Crippen LogP contribution in [0.5, 0.6) is 5.75 Å². The van der Waals surface area contributed by atoms with E-state index in [-0.39, 0.29) is 5.91 Å². The van der Waals surface area contributed by atoms with Crippen LogP contribution in [0.1, 0.15) is 54.6 Å². The van der Waals surface area contributed by atoms with Gasteiger partial charge in [0, 0.05) is 23.2 Å². The van der Waals surface area contributed by atoms with Crippen molar-refractivity contribution in [3.8, 4) is 5.75 Å². The average molecular weight is 299 g/mol. The second-order valence-corrected chi connectivity index (χ2v) is 5.60. The molecule has 5 heteroatoms. The summed E-state index contributed by atoms with van der Waals surface area (Å²) in [5.41, 5.74) is 1.72. The van der Waals surface area contributed by atoms with E-state index in [1.807, 2.05) is 13.0 Å². The van der Waals surface area contributed by atoms with Crippen LogP contribution in [0.3, 0.4) is 0 Å². The topological polar surface area (TPSA) is 67.0 Å². The lowest BCUT2D eigenvalue weighted by atomic mass is 10.0. The standard InChI is InChI=1S/C17H21N3O2/c1-2-22-14-9-7-13(8-10-14)17(21)18-16-11-15(19-20-16)12-5-3-4-6-12/h7-12H,2-6H2,1H3,(H2,18,19,20,21). The first-order chi connectivity index (χ1) is 10.8. The zero-order valence-corrected chi connectivity index (χ0v) is 12.8. The number of amides is 1. The minimum atomic E-state index is -0.160. The van der Waals surface area contributed by atoms with Gasteiger partial charge in [0.2, 0.25) is 0 Å². The number of carbonyl (C=O) groups excluding carboxylic acids is 1. The van der Waals surface area contributed by atoms with Crippen LogP contribution in [0.2, 0.25) is 0 Å². The van der Waals surface area contributed by atoms with Gasteiger partial charge in [0.1, 0.15) is 5.75 Å². The molecule has 0 saturated heterocycles. The van der Waals surface area contributed by atoms with E-state index < -0.39 is 0 Å². The van der Waals surface area contributed by atoms with E-state index in [0.29, 0.717) is 23.9 Å². The van der Waals surface area contributed by atoms with Crippen LogP contribution < -0.4 is 10.1 Å². The molecule has 0 bridgehead atoms. The minimum Gasteiger partial charge on any atom is -0.494 e. The van der Waals surface area contributed by atoms with Gasteiger partial charge in [-0.3, -0.25) is 9.89 Å². The van der Waals surface area contributed by atoms with Crippen LogP contribution in [0.4, 0.5) is 5.82 Å². The third kappa shape index (κ3) is 3.30. The monoisotopic (exact) mass is 299 g/mol. The van der Waals surface area contributed by atoms with Gasteiger partial charge in [0.15, 0.2) is 5.82 Å². The maximum absolute atomic E-state index is 12.2. The molecule has 1 aromatic heterocycles. The molecule has 3 rings (SSSR count). The molecule has 5 nitrogen and oxygen atoms in total. The van der Waals surface area contributed by atoms with E-state index in [9.17, 15) is 4.79 Å². The highest BCUT2D eigenvalue weighted by molar-refractivity contribution is 6.03. The number of hydrogen-bond acceptors (Lipinski definition) is 3. The number of anilines is 1. The van der Waals surface area contributed by atoms with Crippen LogP contribution in [-0.2, 0) is 0 Å². The predicted octanol–water partition coefficient (Wildman–Crippen LogP) is 3.72. The molecule has 1 aliphatic rings. The normalized spacial score (nSPS) is 15.0. The van der Waals surface area contributed by atoms with Crippen molar-refractivity contribution in [2.75, 3.05) is 11.9 Å². The second-order valence-electron chi connectivity index (χ2n) is 5.60. The summed E-state index contributed by atoms with van der Waals surface area (Å²) in [5.74, 6) is 1.75. The number of ether oxygens (including phenoxy) is 1. The SMILES string of the molecule is CCOc1ccc(C(=O)Nc2cc(C3CCCC3)[nH]n2)cc1. The first kappa shape index (κ1) is 14.6. The molecule has 0 radical (unpaired) electrons. The lowest BCUT2D eigenvalue weighted by Crippen LogP contribution is -2.12. The van der Waals surface area contributed by atoms with Gasteiger partial charge < -0.3 is 10.1 Å². The van der Waals surface area contributed by atoms with Crippen molar-refractivity contribution in [1.82, 2.24) is 10.2 Å². The Morgan fingerprint density at radius 3 is 2.73 bits per heavy atom. The van der Waals surface area contributed by atoms with Crippen molar-refractivity contribution >= 4 is 11.7 Å². The second kappa shape index (κ2) is 6.64. The van der Waals surface area contributed by atoms with Gasteiger partial charge in [-0.1, -0.05) is 12.8 Å². The number of aromatic amines is 1. The quantitative estimate of drug-likeness (QED) is 0.884. The van der Waals surface area contributed by atoms with E-state index >= 15 is 0 Å². The minimum absolute atomic E-state index is 0.160. The van der Waals surface area contributed by atoms with Crippen LogP contribution in [0.25, 0.3) is 0 Å².